The van der Waals surface area contributed by atoms with E-state index in [1.807, 2.05) is 49.8 Å². The quantitative estimate of drug-likeness (QED) is 0.390. The lowest BCUT2D eigenvalue weighted by Crippen LogP contribution is -2.05. The van der Waals surface area contributed by atoms with Crippen molar-refractivity contribution in [2.24, 2.45) is 5.73 Å². The van der Waals surface area contributed by atoms with E-state index in [0.717, 1.165) is 62.2 Å². The van der Waals surface area contributed by atoms with Gasteiger partial charge in [0.05, 0.1) is 24.0 Å². The molecular formula is C25H23N5O. The molecule has 0 fully saturated rings. The van der Waals surface area contributed by atoms with Crippen molar-refractivity contribution in [3.8, 4) is 28.1 Å². The number of H-pyrrole nitrogens is 1. The molecule has 0 aliphatic heterocycles. The smallest absolute Gasteiger partial charge is 0.138 e. The van der Waals surface area contributed by atoms with Gasteiger partial charge in [0.15, 0.2) is 0 Å². The number of aryl methyl sites for hydroxylation is 1. The first kappa shape index (κ1) is 19.2. The molecule has 0 radical (unpaired) electrons. The van der Waals surface area contributed by atoms with E-state index >= 15 is 0 Å². The molecule has 0 unspecified atom stereocenters. The van der Waals surface area contributed by atoms with Crippen molar-refractivity contribution >= 4 is 21.9 Å². The van der Waals surface area contributed by atoms with Crippen molar-refractivity contribution in [2.45, 2.75) is 13.3 Å². The number of hydrogen-bond donors (Lipinski definition) is 2. The minimum atomic E-state index is 0.631. The van der Waals surface area contributed by atoms with Gasteiger partial charge in [0.25, 0.3) is 0 Å². The Labute approximate surface area is 180 Å². The fourth-order valence-corrected chi connectivity index (χ4v) is 3.63. The lowest BCUT2D eigenvalue weighted by atomic mass is 10.1. The highest BCUT2D eigenvalue weighted by Crippen LogP contribution is 2.31. The summed E-state index contributed by atoms with van der Waals surface area (Å²) in [7, 11) is 0. The third-order valence-electron chi connectivity index (χ3n) is 5.35. The van der Waals surface area contributed by atoms with Crippen LogP contribution >= 0.6 is 0 Å². The van der Waals surface area contributed by atoms with Crippen molar-refractivity contribution in [1.29, 1.82) is 0 Å². The van der Waals surface area contributed by atoms with Crippen molar-refractivity contribution in [1.82, 2.24) is 19.9 Å². The zero-order valence-electron chi connectivity index (χ0n) is 17.3. The zero-order valence-corrected chi connectivity index (χ0v) is 17.3. The van der Waals surface area contributed by atoms with Crippen LogP contribution in [0.15, 0.2) is 67.1 Å². The van der Waals surface area contributed by atoms with Gasteiger partial charge in [-0.15, -0.1) is 0 Å². The highest BCUT2D eigenvalue weighted by Gasteiger charge is 2.10. The van der Waals surface area contributed by atoms with Crippen molar-refractivity contribution in [3.63, 3.8) is 0 Å². The second kappa shape index (κ2) is 8.16. The summed E-state index contributed by atoms with van der Waals surface area (Å²) in [5.41, 5.74) is 12.4. The number of nitrogens with two attached hydrogens (primary N) is 1. The normalized spacial score (nSPS) is 11.3. The standard InChI is InChI=1S/C25H23N5O/c1-16-3-4-18(13-27-16)23-12-21-22-11-19(14-29-25(22)30-24(21)15-28-23)17-5-7-20(8-6-17)31-10-2-9-26/h3-8,11-15H,2,9-10,26H2,1H3,(H,29,30). The van der Waals surface area contributed by atoms with Crippen LogP contribution in [0.3, 0.4) is 0 Å². The molecule has 3 N–H and O–H groups in total. The molecule has 6 nitrogen and oxygen atoms in total. The Bertz CT molecular complexity index is 1340. The van der Waals surface area contributed by atoms with Gasteiger partial charge in [-0.3, -0.25) is 9.97 Å². The van der Waals surface area contributed by atoms with E-state index in [0.29, 0.717) is 13.2 Å². The van der Waals surface area contributed by atoms with Crippen LogP contribution in [0, 0.1) is 6.92 Å². The average molecular weight is 409 g/mol. The Balaban J connectivity index is 1.51. The molecule has 0 aliphatic carbocycles. The molecule has 31 heavy (non-hydrogen) atoms. The van der Waals surface area contributed by atoms with Gasteiger partial charge in [-0.1, -0.05) is 12.1 Å². The first-order chi connectivity index (χ1) is 15.2. The fourth-order valence-electron chi connectivity index (χ4n) is 3.63. The summed E-state index contributed by atoms with van der Waals surface area (Å²) in [5, 5.41) is 2.16. The van der Waals surface area contributed by atoms with Crippen LogP contribution in [0.4, 0.5) is 0 Å². The SMILES string of the molecule is Cc1ccc(-c2cc3c(cn2)[nH]c2ncc(-c4ccc(OCCCN)cc4)cc23)cn1. The van der Waals surface area contributed by atoms with Gasteiger partial charge in [0.1, 0.15) is 11.4 Å². The molecule has 1 aromatic carbocycles. The highest BCUT2D eigenvalue weighted by molar-refractivity contribution is 6.07. The van der Waals surface area contributed by atoms with Gasteiger partial charge >= 0.3 is 0 Å². The minimum Gasteiger partial charge on any atom is -0.494 e. The van der Waals surface area contributed by atoms with Gasteiger partial charge < -0.3 is 15.5 Å². The lowest BCUT2D eigenvalue weighted by molar-refractivity contribution is 0.313. The number of ether oxygens (including phenoxy) is 1. The maximum atomic E-state index is 5.70. The van der Waals surface area contributed by atoms with Crippen LogP contribution < -0.4 is 10.5 Å². The van der Waals surface area contributed by atoms with Gasteiger partial charge in [0, 0.05) is 40.0 Å². The van der Waals surface area contributed by atoms with Crippen LogP contribution in [0.5, 0.6) is 5.75 Å². The summed E-state index contributed by atoms with van der Waals surface area (Å²) in [5.74, 6) is 0.848. The van der Waals surface area contributed by atoms with Crippen LogP contribution in [0.1, 0.15) is 12.1 Å². The van der Waals surface area contributed by atoms with E-state index in [-0.39, 0.29) is 0 Å². The molecule has 4 heterocycles. The van der Waals surface area contributed by atoms with Gasteiger partial charge in [-0.05, 0) is 61.9 Å². The van der Waals surface area contributed by atoms with E-state index in [1.54, 1.807) is 0 Å². The summed E-state index contributed by atoms with van der Waals surface area (Å²) in [6.07, 6.45) is 6.46. The van der Waals surface area contributed by atoms with E-state index < -0.39 is 0 Å². The lowest BCUT2D eigenvalue weighted by Gasteiger charge is -2.07. The second-order valence-electron chi connectivity index (χ2n) is 7.56. The number of fused-ring (bicyclic) bond motifs is 3. The van der Waals surface area contributed by atoms with Crippen LogP contribution in [-0.2, 0) is 0 Å². The summed E-state index contributed by atoms with van der Waals surface area (Å²) < 4.78 is 5.70. The zero-order chi connectivity index (χ0) is 21.2. The summed E-state index contributed by atoms with van der Waals surface area (Å²) in [6.45, 7) is 3.24. The van der Waals surface area contributed by atoms with Crippen molar-refractivity contribution < 1.29 is 4.74 Å². The van der Waals surface area contributed by atoms with Gasteiger partial charge in [-0.25, -0.2) is 4.98 Å². The Kier molecular flexibility index (Phi) is 5.06. The highest BCUT2D eigenvalue weighted by atomic mass is 16.5. The molecule has 4 aromatic heterocycles. The number of nitrogens with zero attached hydrogens (tertiary/aromatic N) is 3. The predicted octanol–water partition coefficient (Wildman–Crippen LogP) is 4.88. The number of pyridine rings is 3. The molecule has 6 heteroatoms. The van der Waals surface area contributed by atoms with Crippen LogP contribution in [-0.4, -0.2) is 33.1 Å². The number of aromatic nitrogens is 4. The average Bonchev–Trinajstić information content (AvgIpc) is 3.17. The van der Waals surface area contributed by atoms with E-state index in [1.165, 1.54) is 0 Å². The third kappa shape index (κ3) is 3.85. The van der Waals surface area contributed by atoms with Gasteiger partial charge in [-0.2, -0.15) is 0 Å². The summed E-state index contributed by atoms with van der Waals surface area (Å²) >= 11 is 0. The minimum absolute atomic E-state index is 0.631. The van der Waals surface area contributed by atoms with Crippen molar-refractivity contribution in [3.05, 3.63) is 72.8 Å². The Morgan fingerprint density at radius 2 is 1.65 bits per heavy atom. The number of rotatable bonds is 6. The van der Waals surface area contributed by atoms with Crippen molar-refractivity contribution in [2.75, 3.05) is 13.2 Å². The monoisotopic (exact) mass is 409 g/mol. The first-order valence-electron chi connectivity index (χ1n) is 10.3. The van der Waals surface area contributed by atoms with E-state index in [4.69, 9.17) is 10.5 Å². The topological polar surface area (TPSA) is 89.7 Å². The summed E-state index contributed by atoms with van der Waals surface area (Å²) in [4.78, 5) is 17.0. The third-order valence-corrected chi connectivity index (χ3v) is 5.35. The van der Waals surface area contributed by atoms with Crippen LogP contribution in [0.2, 0.25) is 0 Å². The maximum Gasteiger partial charge on any atom is 0.138 e. The summed E-state index contributed by atoms with van der Waals surface area (Å²) in [6, 6.07) is 16.4. The Hall–Kier alpha value is -3.77. The molecule has 0 saturated carbocycles. The molecule has 154 valence electrons. The molecule has 0 aliphatic rings. The van der Waals surface area contributed by atoms with Crippen LogP contribution in [0.25, 0.3) is 44.3 Å². The number of hydrogen-bond acceptors (Lipinski definition) is 5. The molecule has 0 bridgehead atoms. The fraction of sp³-hybridized carbons (Fsp3) is 0.160. The maximum absolute atomic E-state index is 5.70. The number of nitrogens with one attached hydrogen (secondary N) is 1. The Morgan fingerprint density at radius 1 is 0.839 bits per heavy atom. The molecule has 0 amide bonds. The molecule has 5 rings (SSSR count). The molecule has 5 aromatic rings. The largest absolute Gasteiger partial charge is 0.494 e. The Morgan fingerprint density at radius 3 is 2.42 bits per heavy atom. The predicted molar refractivity (Wildman–Crippen MR) is 124 cm³/mol. The van der Waals surface area contributed by atoms with Gasteiger partial charge in [0.2, 0.25) is 0 Å². The van der Waals surface area contributed by atoms with E-state index in [9.17, 15) is 0 Å². The van der Waals surface area contributed by atoms with E-state index in [2.05, 4.69) is 44.2 Å². The first-order valence-corrected chi connectivity index (χ1v) is 10.3. The number of benzene rings is 1. The molecule has 0 spiro atoms. The second-order valence-corrected chi connectivity index (χ2v) is 7.56. The molecular weight excluding hydrogens is 386 g/mol. The molecule has 0 saturated heterocycles. The molecule has 0 atom stereocenters. The number of aromatic amines is 1.